The van der Waals surface area contributed by atoms with E-state index in [2.05, 4.69) is 48.7 Å². The molecular weight excluding hydrogens is 268 g/mol. The molecule has 92 valence electrons. The van der Waals surface area contributed by atoms with Gasteiger partial charge in [-0.2, -0.15) is 5.10 Å². The summed E-state index contributed by atoms with van der Waals surface area (Å²) in [6.45, 7) is 10.1. The van der Waals surface area contributed by atoms with Crippen molar-refractivity contribution in [2.75, 3.05) is 0 Å². The number of ether oxygens (including phenoxy) is 1. The van der Waals surface area contributed by atoms with Gasteiger partial charge in [0.25, 0.3) is 0 Å². The average molecular weight is 289 g/mol. The first-order chi connectivity index (χ1) is 7.52. The highest BCUT2D eigenvalue weighted by molar-refractivity contribution is 9.10. The summed E-state index contributed by atoms with van der Waals surface area (Å²) in [6, 6.07) is 0. The highest BCUT2D eigenvalue weighted by Crippen LogP contribution is 2.17. The molecule has 0 aliphatic carbocycles. The van der Waals surface area contributed by atoms with Crippen LogP contribution in [0.15, 0.2) is 10.7 Å². The Morgan fingerprint density at radius 2 is 2.12 bits per heavy atom. The quantitative estimate of drug-likeness (QED) is 0.799. The van der Waals surface area contributed by atoms with E-state index in [4.69, 9.17) is 4.74 Å². The monoisotopic (exact) mass is 288 g/mol. The van der Waals surface area contributed by atoms with Crippen LogP contribution in [0.3, 0.4) is 0 Å². The lowest BCUT2D eigenvalue weighted by molar-refractivity contribution is 0.0482. The Hall–Kier alpha value is -0.350. The summed E-state index contributed by atoms with van der Waals surface area (Å²) in [5.74, 6) is 0.607. The largest absolute Gasteiger partial charge is 0.372 e. The van der Waals surface area contributed by atoms with Gasteiger partial charge >= 0.3 is 0 Å². The molecule has 0 aliphatic heterocycles. The third kappa shape index (κ3) is 4.26. The second-order valence-corrected chi connectivity index (χ2v) is 5.42. The number of hydrogen-bond donors (Lipinski definition) is 0. The van der Waals surface area contributed by atoms with Crippen LogP contribution < -0.4 is 0 Å². The van der Waals surface area contributed by atoms with Crippen molar-refractivity contribution in [2.24, 2.45) is 5.92 Å². The Morgan fingerprint density at radius 1 is 1.44 bits per heavy atom. The standard InChI is InChI=1S/C12H21BrN2O/c1-5-10(4)16-8-12-11(13)7-15(14-12)6-9(2)3/h7,9-10H,5-6,8H2,1-4H3. The lowest BCUT2D eigenvalue weighted by Gasteiger charge is -2.09. The van der Waals surface area contributed by atoms with E-state index in [9.17, 15) is 0 Å². The fourth-order valence-corrected chi connectivity index (χ4v) is 1.77. The zero-order valence-electron chi connectivity index (χ0n) is 10.5. The third-order valence-electron chi connectivity index (χ3n) is 2.42. The Bertz CT molecular complexity index is 323. The normalized spacial score (nSPS) is 13.4. The second-order valence-electron chi connectivity index (χ2n) is 4.57. The molecule has 0 bridgehead atoms. The predicted octanol–water partition coefficient (Wildman–Crippen LogP) is 3.62. The summed E-state index contributed by atoms with van der Waals surface area (Å²) >= 11 is 3.52. The van der Waals surface area contributed by atoms with Crippen molar-refractivity contribution in [3.8, 4) is 0 Å². The van der Waals surface area contributed by atoms with E-state index in [0.29, 0.717) is 18.6 Å². The van der Waals surface area contributed by atoms with Gasteiger partial charge in [0.05, 0.1) is 17.2 Å². The van der Waals surface area contributed by atoms with Crippen molar-refractivity contribution in [1.82, 2.24) is 9.78 Å². The minimum absolute atomic E-state index is 0.294. The maximum Gasteiger partial charge on any atom is 0.102 e. The molecule has 0 amide bonds. The summed E-state index contributed by atoms with van der Waals surface area (Å²) in [7, 11) is 0. The Balaban J connectivity index is 2.56. The molecule has 1 atom stereocenters. The molecule has 0 spiro atoms. The molecule has 0 aromatic carbocycles. The van der Waals surface area contributed by atoms with Crippen LogP contribution in [0.5, 0.6) is 0 Å². The summed E-state index contributed by atoms with van der Waals surface area (Å²) in [5, 5.41) is 4.50. The first-order valence-electron chi connectivity index (χ1n) is 5.86. The van der Waals surface area contributed by atoms with Gasteiger partial charge in [-0.15, -0.1) is 0 Å². The van der Waals surface area contributed by atoms with Crippen LogP contribution in [0.1, 0.15) is 39.8 Å². The Labute approximate surface area is 106 Å². The molecule has 0 N–H and O–H groups in total. The maximum atomic E-state index is 5.67. The molecule has 0 saturated carbocycles. The number of rotatable bonds is 6. The van der Waals surface area contributed by atoms with Crippen molar-refractivity contribution in [2.45, 2.75) is 53.4 Å². The summed E-state index contributed by atoms with van der Waals surface area (Å²) in [6.07, 6.45) is 3.35. The van der Waals surface area contributed by atoms with Gasteiger partial charge in [-0.05, 0) is 35.2 Å². The van der Waals surface area contributed by atoms with Gasteiger partial charge in [-0.3, -0.25) is 4.68 Å². The fraction of sp³-hybridized carbons (Fsp3) is 0.750. The molecule has 1 aromatic heterocycles. The minimum atomic E-state index is 0.294. The van der Waals surface area contributed by atoms with Crippen molar-refractivity contribution in [1.29, 1.82) is 0 Å². The van der Waals surface area contributed by atoms with Crippen LogP contribution >= 0.6 is 15.9 Å². The van der Waals surface area contributed by atoms with Gasteiger partial charge in [0.15, 0.2) is 0 Å². The molecule has 1 rings (SSSR count). The van der Waals surface area contributed by atoms with Gasteiger partial charge in [0, 0.05) is 12.7 Å². The summed E-state index contributed by atoms with van der Waals surface area (Å²) < 4.78 is 8.69. The van der Waals surface area contributed by atoms with E-state index in [1.807, 2.05) is 10.9 Å². The van der Waals surface area contributed by atoms with E-state index >= 15 is 0 Å². The molecule has 3 nitrogen and oxygen atoms in total. The zero-order chi connectivity index (χ0) is 12.1. The van der Waals surface area contributed by atoms with Crippen LogP contribution in [-0.2, 0) is 17.9 Å². The molecule has 1 aromatic rings. The van der Waals surface area contributed by atoms with Crippen LogP contribution in [0, 0.1) is 5.92 Å². The molecule has 1 unspecified atom stereocenters. The van der Waals surface area contributed by atoms with E-state index in [0.717, 1.165) is 23.1 Å². The molecule has 0 radical (unpaired) electrons. The number of halogens is 1. The maximum absolute atomic E-state index is 5.67. The summed E-state index contributed by atoms with van der Waals surface area (Å²) in [5.41, 5.74) is 0.987. The van der Waals surface area contributed by atoms with Crippen LogP contribution in [0.4, 0.5) is 0 Å². The topological polar surface area (TPSA) is 27.1 Å². The smallest absolute Gasteiger partial charge is 0.102 e. The lowest BCUT2D eigenvalue weighted by atomic mass is 10.2. The SMILES string of the molecule is CCC(C)OCc1nn(CC(C)C)cc1Br. The van der Waals surface area contributed by atoms with Crippen molar-refractivity contribution < 1.29 is 4.74 Å². The van der Waals surface area contributed by atoms with Gasteiger partial charge in [-0.1, -0.05) is 20.8 Å². The molecule has 4 heteroatoms. The average Bonchev–Trinajstić information content (AvgIpc) is 2.54. The van der Waals surface area contributed by atoms with E-state index in [1.54, 1.807) is 0 Å². The van der Waals surface area contributed by atoms with Crippen LogP contribution in [0.25, 0.3) is 0 Å². The van der Waals surface area contributed by atoms with Crippen molar-refractivity contribution in [3.05, 3.63) is 16.4 Å². The molecule has 1 heterocycles. The number of aromatic nitrogens is 2. The molecule has 0 aliphatic rings. The predicted molar refractivity (Wildman–Crippen MR) is 69.3 cm³/mol. The molecule has 0 saturated heterocycles. The number of hydrogen-bond acceptors (Lipinski definition) is 2. The first kappa shape index (κ1) is 13.7. The molecule has 0 fully saturated rings. The lowest BCUT2D eigenvalue weighted by Crippen LogP contribution is -2.08. The molecular formula is C12H21BrN2O. The van der Waals surface area contributed by atoms with Gasteiger partial charge in [0.1, 0.15) is 5.69 Å². The van der Waals surface area contributed by atoms with E-state index in [1.165, 1.54) is 0 Å². The van der Waals surface area contributed by atoms with Crippen molar-refractivity contribution in [3.63, 3.8) is 0 Å². The highest BCUT2D eigenvalue weighted by Gasteiger charge is 2.09. The first-order valence-corrected chi connectivity index (χ1v) is 6.65. The fourth-order valence-electron chi connectivity index (χ4n) is 1.34. The van der Waals surface area contributed by atoms with Crippen LogP contribution in [0.2, 0.25) is 0 Å². The Morgan fingerprint density at radius 3 is 2.69 bits per heavy atom. The van der Waals surface area contributed by atoms with Gasteiger partial charge in [-0.25, -0.2) is 0 Å². The zero-order valence-corrected chi connectivity index (χ0v) is 12.1. The second kappa shape index (κ2) is 6.40. The highest BCUT2D eigenvalue weighted by atomic mass is 79.9. The number of nitrogens with zero attached hydrogens (tertiary/aromatic N) is 2. The summed E-state index contributed by atoms with van der Waals surface area (Å²) in [4.78, 5) is 0. The Kier molecular flexibility index (Phi) is 5.49. The van der Waals surface area contributed by atoms with Crippen molar-refractivity contribution >= 4 is 15.9 Å². The van der Waals surface area contributed by atoms with E-state index in [-0.39, 0.29) is 0 Å². The third-order valence-corrected chi connectivity index (χ3v) is 3.08. The molecule has 16 heavy (non-hydrogen) atoms. The van der Waals surface area contributed by atoms with Gasteiger partial charge in [0.2, 0.25) is 0 Å². The van der Waals surface area contributed by atoms with Gasteiger partial charge < -0.3 is 4.74 Å². The minimum Gasteiger partial charge on any atom is -0.372 e. The van der Waals surface area contributed by atoms with Crippen LogP contribution in [-0.4, -0.2) is 15.9 Å². The van der Waals surface area contributed by atoms with E-state index < -0.39 is 0 Å².